The van der Waals surface area contributed by atoms with E-state index < -0.39 is 11.8 Å². The van der Waals surface area contributed by atoms with E-state index in [1.165, 1.54) is 4.68 Å². The molecule has 0 aliphatic carbocycles. The number of rotatable bonds is 5. The third-order valence-corrected chi connectivity index (χ3v) is 4.54. The van der Waals surface area contributed by atoms with E-state index in [0.717, 1.165) is 0 Å². The van der Waals surface area contributed by atoms with Crippen molar-refractivity contribution in [1.82, 2.24) is 9.78 Å². The molecule has 0 unspecified atom stereocenters. The fourth-order valence-electron chi connectivity index (χ4n) is 3.18. The molecular weight excluding hydrogens is 366 g/mol. The quantitative estimate of drug-likeness (QED) is 0.400. The maximum atomic E-state index is 13.3. The van der Waals surface area contributed by atoms with Crippen LogP contribution in [0.5, 0.6) is 0 Å². The van der Waals surface area contributed by atoms with Crippen molar-refractivity contribution in [3.63, 3.8) is 0 Å². The fraction of sp³-hybridized carbons (Fsp3) is 0. The average Bonchev–Trinajstić information content (AvgIpc) is 3.16. The topological polar surface area (TPSA) is 98.2 Å². The summed E-state index contributed by atoms with van der Waals surface area (Å²) in [4.78, 5) is 25.3. The van der Waals surface area contributed by atoms with Gasteiger partial charge in [-0.05, 0) is 24.3 Å². The fourth-order valence-corrected chi connectivity index (χ4v) is 3.18. The Balaban J connectivity index is 2.04. The Kier molecular flexibility index (Phi) is 4.66. The molecule has 0 saturated carbocycles. The Labute approximate surface area is 166 Å². The lowest BCUT2D eigenvalue weighted by Crippen LogP contribution is -2.09. The number of ketones is 1. The second kappa shape index (κ2) is 7.44. The maximum Gasteiger partial charge on any atom is 0.357 e. The van der Waals surface area contributed by atoms with Crippen molar-refractivity contribution < 1.29 is 14.7 Å². The number of hydrogen-bond donors (Lipinski definition) is 2. The van der Waals surface area contributed by atoms with Crippen LogP contribution in [0.3, 0.4) is 0 Å². The number of aromatic nitrogens is 2. The van der Waals surface area contributed by atoms with Gasteiger partial charge in [-0.1, -0.05) is 60.7 Å². The summed E-state index contributed by atoms with van der Waals surface area (Å²) < 4.78 is 1.48. The van der Waals surface area contributed by atoms with Gasteiger partial charge >= 0.3 is 5.97 Å². The number of aromatic carboxylic acids is 1. The molecule has 6 nitrogen and oxygen atoms in total. The molecule has 6 heteroatoms. The van der Waals surface area contributed by atoms with E-state index >= 15 is 0 Å². The molecule has 4 aromatic rings. The number of nitrogen functional groups attached to an aromatic ring is 1. The maximum absolute atomic E-state index is 13.3. The number of anilines is 1. The van der Waals surface area contributed by atoms with Crippen LogP contribution in [0.2, 0.25) is 0 Å². The van der Waals surface area contributed by atoms with Gasteiger partial charge in [0.15, 0.2) is 11.5 Å². The molecule has 1 aromatic heterocycles. The zero-order valence-corrected chi connectivity index (χ0v) is 15.3. The lowest BCUT2D eigenvalue weighted by atomic mass is 9.97. The van der Waals surface area contributed by atoms with Gasteiger partial charge in [0.2, 0.25) is 0 Å². The molecule has 3 N–H and O–H groups in total. The summed E-state index contributed by atoms with van der Waals surface area (Å²) >= 11 is 0. The highest BCUT2D eigenvalue weighted by molar-refractivity contribution is 6.17. The summed E-state index contributed by atoms with van der Waals surface area (Å²) in [6.07, 6.45) is 0. The van der Waals surface area contributed by atoms with Crippen LogP contribution in [0.25, 0.3) is 16.9 Å². The van der Waals surface area contributed by atoms with E-state index in [4.69, 9.17) is 5.73 Å². The minimum Gasteiger partial charge on any atom is -0.476 e. The minimum absolute atomic E-state index is 0.0479. The summed E-state index contributed by atoms with van der Waals surface area (Å²) in [5.74, 6) is -1.67. The van der Waals surface area contributed by atoms with Gasteiger partial charge in [-0.2, -0.15) is 5.10 Å². The Morgan fingerprint density at radius 1 is 0.828 bits per heavy atom. The van der Waals surface area contributed by atoms with Gasteiger partial charge < -0.3 is 10.8 Å². The summed E-state index contributed by atoms with van der Waals surface area (Å²) in [5.41, 5.74) is 8.20. The first kappa shape index (κ1) is 18.2. The van der Waals surface area contributed by atoms with E-state index in [-0.39, 0.29) is 11.3 Å². The Hall–Kier alpha value is -4.19. The lowest BCUT2D eigenvalue weighted by Gasteiger charge is -2.10. The van der Waals surface area contributed by atoms with Crippen LogP contribution in [0.15, 0.2) is 84.9 Å². The minimum atomic E-state index is -1.27. The molecule has 142 valence electrons. The Bertz CT molecular complexity index is 1180. The number of carbonyl (C=O) groups is 2. The van der Waals surface area contributed by atoms with E-state index in [0.29, 0.717) is 28.2 Å². The first-order valence-corrected chi connectivity index (χ1v) is 8.93. The van der Waals surface area contributed by atoms with Gasteiger partial charge in [0.1, 0.15) is 0 Å². The van der Waals surface area contributed by atoms with Crippen LogP contribution < -0.4 is 5.73 Å². The van der Waals surface area contributed by atoms with E-state index in [2.05, 4.69) is 5.10 Å². The van der Waals surface area contributed by atoms with Crippen molar-refractivity contribution in [2.24, 2.45) is 0 Å². The van der Waals surface area contributed by atoms with Gasteiger partial charge in [-0.15, -0.1) is 0 Å². The third-order valence-electron chi connectivity index (χ3n) is 4.54. The Morgan fingerprint density at radius 3 is 2.00 bits per heavy atom. The predicted octanol–water partition coefficient (Wildman–Crippen LogP) is 4.05. The second-order valence-corrected chi connectivity index (χ2v) is 6.44. The average molecular weight is 383 g/mol. The second-order valence-electron chi connectivity index (χ2n) is 6.44. The summed E-state index contributed by atoms with van der Waals surface area (Å²) in [6, 6.07) is 24.6. The van der Waals surface area contributed by atoms with Crippen molar-refractivity contribution in [2.45, 2.75) is 0 Å². The van der Waals surface area contributed by atoms with E-state index in [9.17, 15) is 14.7 Å². The van der Waals surface area contributed by atoms with Crippen molar-refractivity contribution in [1.29, 1.82) is 0 Å². The monoisotopic (exact) mass is 383 g/mol. The molecule has 0 aliphatic heterocycles. The lowest BCUT2D eigenvalue weighted by molar-refractivity contribution is 0.0686. The molecule has 0 fully saturated rings. The first-order chi connectivity index (χ1) is 14.1. The van der Waals surface area contributed by atoms with Gasteiger partial charge in [0, 0.05) is 16.8 Å². The van der Waals surface area contributed by atoms with Crippen LogP contribution in [0.4, 0.5) is 5.69 Å². The summed E-state index contributed by atoms with van der Waals surface area (Å²) in [6.45, 7) is 0. The van der Waals surface area contributed by atoms with Crippen molar-refractivity contribution in [3.8, 4) is 16.9 Å². The molecular formula is C23H17N3O3. The number of hydrogen-bond acceptors (Lipinski definition) is 4. The Morgan fingerprint density at radius 2 is 1.41 bits per heavy atom. The number of benzene rings is 3. The summed E-state index contributed by atoms with van der Waals surface area (Å²) in [7, 11) is 0. The molecule has 3 aromatic carbocycles. The molecule has 0 spiro atoms. The van der Waals surface area contributed by atoms with Gasteiger partial charge in [-0.25, -0.2) is 9.48 Å². The molecule has 0 aliphatic rings. The number of carboxylic acid groups (broad SMARTS) is 1. The van der Waals surface area contributed by atoms with Crippen LogP contribution in [-0.2, 0) is 0 Å². The molecule has 0 atom stereocenters. The van der Waals surface area contributed by atoms with Crippen molar-refractivity contribution >= 4 is 17.4 Å². The molecule has 0 radical (unpaired) electrons. The highest BCUT2D eigenvalue weighted by Crippen LogP contribution is 2.31. The highest BCUT2D eigenvalue weighted by Gasteiger charge is 2.29. The zero-order chi connectivity index (χ0) is 20.4. The molecule has 0 saturated heterocycles. The van der Waals surface area contributed by atoms with Gasteiger partial charge in [0.25, 0.3) is 0 Å². The van der Waals surface area contributed by atoms with Crippen LogP contribution in [-0.4, -0.2) is 26.6 Å². The first-order valence-electron chi connectivity index (χ1n) is 8.93. The largest absolute Gasteiger partial charge is 0.476 e. The highest BCUT2D eigenvalue weighted by atomic mass is 16.4. The van der Waals surface area contributed by atoms with E-state index in [1.807, 2.05) is 30.3 Å². The number of carbonyl (C=O) groups excluding carboxylic acids is 1. The molecule has 0 bridgehead atoms. The smallest absolute Gasteiger partial charge is 0.357 e. The number of nitrogens with two attached hydrogens (primary N) is 1. The molecule has 4 rings (SSSR count). The number of carboxylic acids is 1. The predicted molar refractivity (Wildman–Crippen MR) is 110 cm³/mol. The van der Waals surface area contributed by atoms with Crippen molar-refractivity contribution in [2.75, 3.05) is 5.73 Å². The molecule has 1 heterocycles. The van der Waals surface area contributed by atoms with Gasteiger partial charge in [0.05, 0.1) is 16.9 Å². The van der Waals surface area contributed by atoms with Crippen LogP contribution in [0.1, 0.15) is 26.4 Å². The summed E-state index contributed by atoms with van der Waals surface area (Å²) in [5, 5.41) is 14.1. The van der Waals surface area contributed by atoms with Crippen molar-refractivity contribution in [3.05, 3.63) is 102 Å². The third kappa shape index (κ3) is 3.39. The molecule has 0 amide bonds. The van der Waals surface area contributed by atoms with Gasteiger partial charge in [-0.3, -0.25) is 4.79 Å². The molecule has 29 heavy (non-hydrogen) atoms. The number of nitrogens with zero attached hydrogens (tertiary/aromatic N) is 2. The standard InChI is InChI=1S/C23H17N3O3/c24-17-11-13-18(14-12-17)26-21(15-7-3-1-4-8-15)19(20(25-26)23(28)29)22(27)16-9-5-2-6-10-16/h1-14H,24H2,(H,28,29). The zero-order valence-electron chi connectivity index (χ0n) is 15.3. The normalized spacial score (nSPS) is 10.6. The van der Waals surface area contributed by atoms with E-state index in [1.54, 1.807) is 54.6 Å². The van der Waals surface area contributed by atoms with Crippen LogP contribution >= 0.6 is 0 Å². The van der Waals surface area contributed by atoms with Crippen LogP contribution in [0, 0.1) is 0 Å². The SMILES string of the molecule is Nc1ccc(-n2nc(C(=O)O)c(C(=O)c3ccccc3)c2-c2ccccc2)cc1.